The molecule has 0 aromatic heterocycles. The zero-order valence-electron chi connectivity index (χ0n) is 16.2. The SMILES string of the molecule is N#Cc1ccccc1COc1ccc(/C=N\NC(=O)COc2ccc(Br)cc2)cc1Br. The Morgan fingerprint density at radius 1 is 1.06 bits per heavy atom. The predicted octanol–water partition coefficient (Wildman–Crippen LogP) is 5.19. The minimum Gasteiger partial charge on any atom is -0.488 e. The lowest BCUT2D eigenvalue weighted by atomic mass is 10.1. The van der Waals surface area contributed by atoms with Gasteiger partial charge in [-0.05, 0) is 70.0 Å². The van der Waals surface area contributed by atoms with E-state index in [4.69, 9.17) is 14.7 Å². The van der Waals surface area contributed by atoms with E-state index in [1.54, 1.807) is 24.3 Å². The van der Waals surface area contributed by atoms with Gasteiger partial charge in [0.1, 0.15) is 18.1 Å². The summed E-state index contributed by atoms with van der Waals surface area (Å²) in [6.45, 7) is 0.143. The van der Waals surface area contributed by atoms with Gasteiger partial charge in [-0.3, -0.25) is 4.79 Å². The summed E-state index contributed by atoms with van der Waals surface area (Å²) in [5.74, 6) is 0.866. The van der Waals surface area contributed by atoms with Gasteiger partial charge >= 0.3 is 0 Å². The lowest BCUT2D eigenvalue weighted by Gasteiger charge is -2.10. The number of nitrogens with one attached hydrogen (secondary N) is 1. The third kappa shape index (κ3) is 6.95. The van der Waals surface area contributed by atoms with Crippen LogP contribution in [0.3, 0.4) is 0 Å². The van der Waals surface area contributed by atoms with E-state index in [9.17, 15) is 4.79 Å². The second-order valence-electron chi connectivity index (χ2n) is 6.28. The summed E-state index contributed by atoms with van der Waals surface area (Å²) >= 11 is 6.81. The number of carbonyl (C=O) groups is 1. The Labute approximate surface area is 196 Å². The van der Waals surface area contributed by atoms with Crippen LogP contribution in [0.4, 0.5) is 0 Å². The Hall–Kier alpha value is -3.15. The van der Waals surface area contributed by atoms with Gasteiger partial charge in [-0.15, -0.1) is 0 Å². The maximum absolute atomic E-state index is 11.9. The molecule has 0 saturated carbocycles. The quantitative estimate of drug-likeness (QED) is 0.313. The Balaban J connectivity index is 1.50. The maximum Gasteiger partial charge on any atom is 0.277 e. The third-order valence-electron chi connectivity index (χ3n) is 4.06. The Morgan fingerprint density at radius 3 is 2.58 bits per heavy atom. The molecule has 8 heteroatoms. The van der Waals surface area contributed by atoms with Gasteiger partial charge in [0.15, 0.2) is 6.61 Å². The highest BCUT2D eigenvalue weighted by Crippen LogP contribution is 2.26. The highest BCUT2D eigenvalue weighted by Gasteiger charge is 2.06. The average Bonchev–Trinajstić information content (AvgIpc) is 2.78. The molecule has 0 atom stereocenters. The van der Waals surface area contributed by atoms with Crippen LogP contribution < -0.4 is 14.9 Å². The monoisotopic (exact) mass is 541 g/mol. The molecule has 0 unspecified atom stereocenters. The van der Waals surface area contributed by atoms with Crippen LogP contribution in [-0.4, -0.2) is 18.7 Å². The highest BCUT2D eigenvalue weighted by molar-refractivity contribution is 9.10. The van der Waals surface area contributed by atoms with Gasteiger partial charge in [-0.1, -0.05) is 34.1 Å². The van der Waals surface area contributed by atoms with Crippen molar-refractivity contribution in [3.8, 4) is 17.6 Å². The molecule has 156 valence electrons. The van der Waals surface area contributed by atoms with E-state index in [1.807, 2.05) is 42.5 Å². The molecule has 0 bridgehead atoms. The van der Waals surface area contributed by atoms with Crippen LogP contribution in [0.1, 0.15) is 16.7 Å². The van der Waals surface area contributed by atoms with Gasteiger partial charge in [0.2, 0.25) is 0 Å². The van der Waals surface area contributed by atoms with E-state index in [0.29, 0.717) is 17.1 Å². The Morgan fingerprint density at radius 2 is 1.84 bits per heavy atom. The zero-order valence-corrected chi connectivity index (χ0v) is 19.4. The summed E-state index contributed by atoms with van der Waals surface area (Å²) in [7, 11) is 0. The lowest BCUT2D eigenvalue weighted by Crippen LogP contribution is -2.24. The number of benzene rings is 3. The van der Waals surface area contributed by atoms with Gasteiger partial charge in [-0.25, -0.2) is 5.43 Å². The highest BCUT2D eigenvalue weighted by atomic mass is 79.9. The number of hydrazone groups is 1. The van der Waals surface area contributed by atoms with Crippen molar-refractivity contribution in [2.75, 3.05) is 6.61 Å². The van der Waals surface area contributed by atoms with Crippen LogP contribution in [0.2, 0.25) is 0 Å². The molecule has 1 N–H and O–H groups in total. The van der Waals surface area contributed by atoms with Crippen LogP contribution >= 0.6 is 31.9 Å². The van der Waals surface area contributed by atoms with Gasteiger partial charge < -0.3 is 9.47 Å². The first-order valence-electron chi connectivity index (χ1n) is 9.16. The molecule has 0 spiro atoms. The smallest absolute Gasteiger partial charge is 0.277 e. The van der Waals surface area contributed by atoms with Crippen LogP contribution in [0.25, 0.3) is 0 Å². The van der Waals surface area contributed by atoms with Crippen LogP contribution in [0.5, 0.6) is 11.5 Å². The zero-order chi connectivity index (χ0) is 22.1. The number of nitrogens with zero attached hydrogens (tertiary/aromatic N) is 2. The van der Waals surface area contributed by atoms with E-state index in [1.165, 1.54) is 6.21 Å². The van der Waals surface area contributed by atoms with Crippen molar-refractivity contribution >= 4 is 44.0 Å². The second-order valence-corrected chi connectivity index (χ2v) is 8.05. The maximum atomic E-state index is 11.9. The van der Waals surface area contributed by atoms with Gasteiger partial charge in [0, 0.05) is 10.0 Å². The van der Waals surface area contributed by atoms with Crippen molar-refractivity contribution in [1.82, 2.24) is 5.43 Å². The molecule has 0 fully saturated rings. The molecule has 0 aliphatic rings. The van der Waals surface area contributed by atoms with Gasteiger partial charge in [-0.2, -0.15) is 10.4 Å². The fraction of sp³-hybridized carbons (Fsp3) is 0.0870. The fourth-order valence-corrected chi connectivity index (χ4v) is 3.29. The first kappa shape index (κ1) is 22.5. The molecular weight excluding hydrogens is 526 g/mol. The molecule has 31 heavy (non-hydrogen) atoms. The number of hydrogen-bond donors (Lipinski definition) is 1. The number of nitriles is 1. The summed E-state index contributed by atoms with van der Waals surface area (Å²) in [5.41, 5.74) is 4.60. The van der Waals surface area contributed by atoms with Crippen molar-refractivity contribution in [1.29, 1.82) is 5.26 Å². The second kappa shape index (κ2) is 11.3. The van der Waals surface area contributed by atoms with Gasteiger partial charge in [0.25, 0.3) is 5.91 Å². The Bertz CT molecular complexity index is 1130. The number of rotatable bonds is 8. The number of amides is 1. The molecule has 6 nitrogen and oxygen atoms in total. The summed E-state index contributed by atoms with van der Waals surface area (Å²) in [4.78, 5) is 11.9. The summed E-state index contributed by atoms with van der Waals surface area (Å²) < 4.78 is 12.9. The van der Waals surface area contributed by atoms with Crippen LogP contribution in [-0.2, 0) is 11.4 Å². The normalized spacial score (nSPS) is 10.5. The largest absolute Gasteiger partial charge is 0.488 e. The third-order valence-corrected chi connectivity index (χ3v) is 5.21. The minimum atomic E-state index is -0.366. The number of halogens is 2. The average molecular weight is 543 g/mol. The summed E-state index contributed by atoms with van der Waals surface area (Å²) in [6, 6.07) is 22.1. The first-order valence-corrected chi connectivity index (χ1v) is 10.7. The fourth-order valence-electron chi connectivity index (χ4n) is 2.52. The van der Waals surface area contributed by atoms with Gasteiger partial charge in [0.05, 0.1) is 22.3 Å². The van der Waals surface area contributed by atoms with Crippen molar-refractivity contribution in [3.05, 3.63) is 92.4 Å². The number of hydrogen-bond acceptors (Lipinski definition) is 5. The van der Waals surface area contributed by atoms with E-state index in [0.717, 1.165) is 20.1 Å². The first-order chi connectivity index (χ1) is 15.0. The topological polar surface area (TPSA) is 83.7 Å². The molecule has 0 aliphatic carbocycles. The van der Waals surface area contributed by atoms with E-state index in [2.05, 4.69) is 48.5 Å². The van der Waals surface area contributed by atoms with Crippen LogP contribution in [0.15, 0.2) is 80.8 Å². The van der Waals surface area contributed by atoms with Crippen LogP contribution in [0, 0.1) is 11.3 Å². The molecule has 1 amide bonds. The molecule has 3 aromatic carbocycles. The van der Waals surface area contributed by atoms with Crippen molar-refractivity contribution < 1.29 is 14.3 Å². The van der Waals surface area contributed by atoms with Crippen molar-refractivity contribution in [2.24, 2.45) is 5.10 Å². The van der Waals surface area contributed by atoms with E-state index >= 15 is 0 Å². The molecule has 3 rings (SSSR count). The molecule has 0 heterocycles. The summed E-state index contributed by atoms with van der Waals surface area (Å²) in [5, 5.41) is 13.1. The molecular formula is C23H17Br2N3O3. The molecule has 0 saturated heterocycles. The lowest BCUT2D eigenvalue weighted by molar-refractivity contribution is -0.123. The molecule has 0 aliphatic heterocycles. The van der Waals surface area contributed by atoms with E-state index in [-0.39, 0.29) is 19.1 Å². The molecule has 3 aromatic rings. The Kier molecular flexibility index (Phi) is 8.21. The minimum absolute atomic E-state index is 0.139. The number of ether oxygens (including phenoxy) is 2. The predicted molar refractivity (Wildman–Crippen MR) is 125 cm³/mol. The van der Waals surface area contributed by atoms with E-state index < -0.39 is 0 Å². The van der Waals surface area contributed by atoms with Crippen molar-refractivity contribution in [2.45, 2.75) is 6.61 Å². The van der Waals surface area contributed by atoms with Crippen molar-refractivity contribution in [3.63, 3.8) is 0 Å². The summed E-state index contributed by atoms with van der Waals surface area (Å²) in [6.07, 6.45) is 1.52. The molecule has 0 radical (unpaired) electrons. The standard InChI is InChI=1S/C23H17Br2N3O3/c24-19-6-8-20(9-7-19)30-15-23(29)28-27-13-16-5-10-22(21(25)11-16)31-14-18-4-2-1-3-17(18)12-26/h1-11,13H,14-15H2,(H,28,29)/b27-13-. The number of carbonyl (C=O) groups excluding carboxylic acids is 1.